The monoisotopic (exact) mass is 473 g/mol. The highest BCUT2D eigenvalue weighted by molar-refractivity contribution is 6.31. The molecule has 1 aliphatic rings. The number of hydrogen-bond donors (Lipinski definition) is 3. The van der Waals surface area contributed by atoms with Crippen LogP contribution in [0.2, 0.25) is 5.02 Å². The minimum Gasteiger partial charge on any atom is -0.478 e. The SMILES string of the molecule is CC(C)(C)OC(=O)N1CC[C@H](n2nc(C#Cc3cc(C(=O)O)ccc3Cl)c(C(N)=O)c2N)C1. The molecule has 1 aliphatic heterocycles. The highest BCUT2D eigenvalue weighted by Gasteiger charge is 2.33. The lowest BCUT2D eigenvalue weighted by molar-refractivity contribution is 0.0288. The van der Waals surface area contributed by atoms with E-state index < -0.39 is 23.6 Å². The molecule has 1 saturated heterocycles. The number of carboxylic acids is 1. The molecular formula is C22H24ClN5O5. The van der Waals surface area contributed by atoms with E-state index in [-0.39, 0.29) is 39.3 Å². The number of hydrogen-bond acceptors (Lipinski definition) is 6. The Balaban J connectivity index is 1.91. The van der Waals surface area contributed by atoms with E-state index >= 15 is 0 Å². The molecular weight excluding hydrogens is 450 g/mol. The lowest BCUT2D eigenvalue weighted by Crippen LogP contribution is -2.35. The number of aromatic carboxylic acids is 1. The molecule has 3 rings (SSSR count). The van der Waals surface area contributed by atoms with Gasteiger partial charge in [-0.25, -0.2) is 14.3 Å². The predicted molar refractivity (Wildman–Crippen MR) is 121 cm³/mol. The molecule has 11 heteroatoms. The number of anilines is 1. The van der Waals surface area contributed by atoms with Crippen molar-refractivity contribution in [1.29, 1.82) is 0 Å². The number of carbonyl (C=O) groups excluding carboxylic acids is 2. The molecule has 0 saturated carbocycles. The fourth-order valence-electron chi connectivity index (χ4n) is 3.37. The second kappa shape index (κ2) is 9.03. The molecule has 1 atom stereocenters. The summed E-state index contributed by atoms with van der Waals surface area (Å²) in [6.45, 7) is 6.08. The number of aromatic nitrogens is 2. The van der Waals surface area contributed by atoms with Crippen molar-refractivity contribution < 1.29 is 24.2 Å². The highest BCUT2D eigenvalue weighted by atomic mass is 35.5. The Bertz CT molecular complexity index is 1190. The van der Waals surface area contributed by atoms with Gasteiger partial charge in [0, 0.05) is 18.7 Å². The Morgan fingerprint density at radius 1 is 1.27 bits per heavy atom. The first-order chi connectivity index (χ1) is 15.4. The Morgan fingerprint density at radius 2 is 1.97 bits per heavy atom. The van der Waals surface area contributed by atoms with Crippen LogP contribution in [0.1, 0.15) is 65.2 Å². The number of benzene rings is 1. The second-order valence-corrected chi connectivity index (χ2v) is 8.94. The van der Waals surface area contributed by atoms with Gasteiger partial charge < -0.3 is 26.2 Å². The number of carboxylic acid groups (broad SMARTS) is 1. The molecule has 5 N–H and O–H groups in total. The number of nitrogen functional groups attached to an aromatic ring is 1. The summed E-state index contributed by atoms with van der Waals surface area (Å²) in [5.74, 6) is 3.55. The third-order valence-corrected chi connectivity index (χ3v) is 5.21. The summed E-state index contributed by atoms with van der Waals surface area (Å²) in [6.07, 6.45) is 0.0988. The summed E-state index contributed by atoms with van der Waals surface area (Å²) in [7, 11) is 0. The van der Waals surface area contributed by atoms with Crippen LogP contribution in [0.15, 0.2) is 18.2 Å². The molecule has 0 aliphatic carbocycles. The third-order valence-electron chi connectivity index (χ3n) is 4.88. The van der Waals surface area contributed by atoms with Crippen molar-refractivity contribution in [2.24, 2.45) is 5.73 Å². The number of nitrogens with two attached hydrogens (primary N) is 2. The molecule has 33 heavy (non-hydrogen) atoms. The first-order valence-electron chi connectivity index (χ1n) is 10.1. The van der Waals surface area contributed by atoms with Crippen molar-refractivity contribution in [3.05, 3.63) is 45.6 Å². The summed E-state index contributed by atoms with van der Waals surface area (Å²) in [6, 6.07) is 3.79. The summed E-state index contributed by atoms with van der Waals surface area (Å²) in [5, 5.41) is 13.8. The average Bonchev–Trinajstić information content (AvgIpc) is 3.30. The number of primary amides is 1. The maximum absolute atomic E-state index is 12.4. The van der Waals surface area contributed by atoms with Crippen molar-refractivity contribution in [2.75, 3.05) is 18.8 Å². The van der Waals surface area contributed by atoms with Crippen LogP contribution >= 0.6 is 11.6 Å². The van der Waals surface area contributed by atoms with E-state index in [4.69, 9.17) is 32.9 Å². The Hall–Kier alpha value is -3.71. The van der Waals surface area contributed by atoms with E-state index in [1.54, 1.807) is 25.7 Å². The van der Waals surface area contributed by atoms with E-state index in [0.717, 1.165) is 0 Å². The van der Waals surface area contributed by atoms with Gasteiger partial charge in [-0.05, 0) is 51.3 Å². The number of rotatable bonds is 3. The van der Waals surface area contributed by atoms with E-state index in [9.17, 15) is 14.4 Å². The van der Waals surface area contributed by atoms with Gasteiger partial charge in [0.25, 0.3) is 5.91 Å². The summed E-state index contributed by atoms with van der Waals surface area (Å²) < 4.78 is 6.84. The van der Waals surface area contributed by atoms with Crippen LogP contribution in [0, 0.1) is 11.8 Å². The van der Waals surface area contributed by atoms with Crippen LogP contribution in [0.5, 0.6) is 0 Å². The highest BCUT2D eigenvalue weighted by Crippen LogP contribution is 2.28. The molecule has 10 nitrogen and oxygen atoms in total. The molecule has 1 aromatic heterocycles. The topological polar surface area (TPSA) is 154 Å². The van der Waals surface area contributed by atoms with Gasteiger partial charge in [-0.2, -0.15) is 5.10 Å². The van der Waals surface area contributed by atoms with Crippen molar-refractivity contribution in [3.63, 3.8) is 0 Å². The first kappa shape index (κ1) is 23.9. The van der Waals surface area contributed by atoms with Crippen LogP contribution < -0.4 is 11.5 Å². The minimum atomic E-state index is -1.13. The number of carbonyl (C=O) groups is 3. The van der Waals surface area contributed by atoms with E-state index in [1.807, 2.05) is 0 Å². The van der Waals surface area contributed by atoms with Crippen molar-refractivity contribution in [3.8, 4) is 11.8 Å². The average molecular weight is 474 g/mol. The van der Waals surface area contributed by atoms with E-state index in [1.165, 1.54) is 22.9 Å². The zero-order valence-electron chi connectivity index (χ0n) is 18.4. The maximum Gasteiger partial charge on any atom is 0.410 e. The summed E-state index contributed by atoms with van der Waals surface area (Å²) >= 11 is 6.11. The minimum absolute atomic E-state index is 0.0112. The number of nitrogens with zero attached hydrogens (tertiary/aromatic N) is 3. The maximum atomic E-state index is 12.4. The molecule has 2 aromatic rings. The van der Waals surface area contributed by atoms with Crippen LogP contribution in [-0.2, 0) is 4.74 Å². The molecule has 1 aromatic carbocycles. The molecule has 2 heterocycles. The van der Waals surface area contributed by atoms with Gasteiger partial charge in [-0.1, -0.05) is 17.5 Å². The molecule has 174 valence electrons. The quantitative estimate of drug-likeness (QED) is 0.578. The number of ether oxygens (including phenoxy) is 1. The predicted octanol–water partition coefficient (Wildman–Crippen LogP) is 2.50. The second-order valence-electron chi connectivity index (χ2n) is 8.54. The largest absolute Gasteiger partial charge is 0.478 e. The number of halogens is 1. The summed E-state index contributed by atoms with van der Waals surface area (Å²) in [4.78, 5) is 37.2. The van der Waals surface area contributed by atoms with Gasteiger partial charge in [0.05, 0.1) is 16.6 Å². The van der Waals surface area contributed by atoms with Gasteiger partial charge in [0.1, 0.15) is 17.0 Å². The Kier molecular flexibility index (Phi) is 6.56. The Labute approximate surface area is 195 Å². The molecule has 2 amide bonds. The van der Waals surface area contributed by atoms with Crippen LogP contribution in [0.3, 0.4) is 0 Å². The molecule has 1 fully saturated rings. The van der Waals surface area contributed by atoms with Crippen molar-refractivity contribution in [1.82, 2.24) is 14.7 Å². The standard InChI is InChI=1S/C22H24ClN5O5/c1-22(2,3)33-21(32)27-9-8-14(11-27)28-18(24)17(19(25)29)16(26-28)7-5-12-10-13(20(30)31)4-6-15(12)23/h4,6,10,14H,8-9,11,24H2,1-3H3,(H2,25,29)(H,30,31)/t14-/m0/s1. The zero-order chi connectivity index (χ0) is 24.5. The molecule has 0 bridgehead atoms. The van der Waals surface area contributed by atoms with Crippen LogP contribution in [-0.4, -0.2) is 56.4 Å². The zero-order valence-corrected chi connectivity index (χ0v) is 19.1. The number of amides is 2. The van der Waals surface area contributed by atoms with Crippen molar-refractivity contribution >= 4 is 35.4 Å². The fourth-order valence-corrected chi connectivity index (χ4v) is 3.54. The van der Waals surface area contributed by atoms with Gasteiger partial charge in [0.2, 0.25) is 0 Å². The normalized spacial score (nSPS) is 15.6. The smallest absolute Gasteiger partial charge is 0.410 e. The van der Waals surface area contributed by atoms with Crippen LogP contribution in [0.4, 0.5) is 10.6 Å². The summed E-state index contributed by atoms with van der Waals surface area (Å²) in [5.41, 5.74) is 11.3. The molecule has 0 unspecified atom stereocenters. The van der Waals surface area contributed by atoms with Crippen LogP contribution in [0.25, 0.3) is 0 Å². The lowest BCUT2D eigenvalue weighted by Gasteiger charge is -2.24. The Morgan fingerprint density at radius 3 is 2.58 bits per heavy atom. The molecule has 0 spiro atoms. The lowest BCUT2D eigenvalue weighted by atomic mass is 10.1. The van der Waals surface area contributed by atoms with Gasteiger partial charge in [0.15, 0.2) is 5.69 Å². The van der Waals surface area contributed by atoms with E-state index in [0.29, 0.717) is 19.5 Å². The van der Waals surface area contributed by atoms with Gasteiger partial charge >= 0.3 is 12.1 Å². The van der Waals surface area contributed by atoms with Gasteiger partial charge in [-0.15, -0.1) is 0 Å². The van der Waals surface area contributed by atoms with Gasteiger partial charge in [-0.3, -0.25) is 4.79 Å². The number of likely N-dealkylation sites (tertiary alicyclic amines) is 1. The molecule has 0 radical (unpaired) electrons. The fraction of sp³-hybridized carbons (Fsp3) is 0.364. The first-order valence-corrected chi connectivity index (χ1v) is 10.5. The van der Waals surface area contributed by atoms with E-state index in [2.05, 4.69) is 16.9 Å². The third kappa shape index (κ3) is 5.38. The van der Waals surface area contributed by atoms with Crippen molar-refractivity contribution in [2.45, 2.75) is 38.8 Å².